The summed E-state index contributed by atoms with van der Waals surface area (Å²) in [4.78, 5) is 0. The molecule has 5 heteroatoms. The molecule has 1 rings (SSSR count). The van der Waals surface area contributed by atoms with Crippen LogP contribution in [0, 0.1) is 0 Å². The van der Waals surface area contributed by atoms with E-state index in [0.717, 1.165) is 0 Å². The Balaban J connectivity index is 3.27. The molecular formula is C8H7Cl2NOS. The lowest BCUT2D eigenvalue weighted by atomic mass is 10.1. The Bertz CT molecular complexity index is 343. The summed E-state index contributed by atoms with van der Waals surface area (Å²) < 4.78 is 0. The molecule has 0 aliphatic rings. The summed E-state index contributed by atoms with van der Waals surface area (Å²) in [5.74, 6) is 0. The number of nitrogen functional groups attached to an aromatic ring is 1. The van der Waals surface area contributed by atoms with Crippen molar-refractivity contribution in [1.82, 2.24) is 0 Å². The quantitative estimate of drug-likeness (QED) is 0.612. The molecule has 1 aromatic rings. The van der Waals surface area contributed by atoms with E-state index >= 15 is 0 Å². The van der Waals surface area contributed by atoms with Crippen molar-refractivity contribution in [3.8, 4) is 0 Å². The first-order chi connectivity index (χ1) is 6.06. The summed E-state index contributed by atoms with van der Waals surface area (Å²) in [6.07, 6.45) is -0.911. The Hall–Kier alpha value is -0.350. The van der Waals surface area contributed by atoms with E-state index in [0.29, 0.717) is 21.3 Å². The van der Waals surface area contributed by atoms with Gasteiger partial charge in [-0.15, -0.1) is 0 Å². The molecule has 0 saturated heterocycles. The fraction of sp³-hybridized carbons (Fsp3) is 0.125. The molecule has 0 aliphatic heterocycles. The highest BCUT2D eigenvalue weighted by molar-refractivity contribution is 7.79. The van der Waals surface area contributed by atoms with Gasteiger partial charge in [0.25, 0.3) is 0 Å². The number of halogens is 2. The first-order valence-electron chi connectivity index (χ1n) is 3.44. The highest BCUT2D eigenvalue weighted by Crippen LogP contribution is 2.30. The lowest BCUT2D eigenvalue weighted by Crippen LogP contribution is -2.02. The van der Waals surface area contributed by atoms with Crippen LogP contribution in [0.4, 0.5) is 5.69 Å². The number of benzene rings is 1. The van der Waals surface area contributed by atoms with Crippen molar-refractivity contribution in [2.75, 3.05) is 5.73 Å². The second-order valence-electron chi connectivity index (χ2n) is 2.47. The number of hydrogen-bond donors (Lipinski definition) is 2. The lowest BCUT2D eigenvalue weighted by Gasteiger charge is -2.10. The fourth-order valence-corrected chi connectivity index (χ4v) is 1.58. The third kappa shape index (κ3) is 2.31. The second kappa shape index (κ2) is 4.24. The van der Waals surface area contributed by atoms with Gasteiger partial charge in [-0.1, -0.05) is 35.4 Å². The van der Waals surface area contributed by atoms with Crippen LogP contribution >= 0.6 is 35.4 Å². The van der Waals surface area contributed by atoms with Crippen LogP contribution in [0.3, 0.4) is 0 Å². The minimum Gasteiger partial charge on any atom is -0.397 e. The summed E-state index contributed by atoms with van der Waals surface area (Å²) in [6, 6.07) is 3.05. The zero-order valence-corrected chi connectivity index (χ0v) is 8.83. The highest BCUT2D eigenvalue weighted by atomic mass is 35.5. The van der Waals surface area contributed by atoms with Gasteiger partial charge in [0.15, 0.2) is 0 Å². The van der Waals surface area contributed by atoms with Crippen molar-refractivity contribution in [3.63, 3.8) is 0 Å². The van der Waals surface area contributed by atoms with E-state index in [2.05, 4.69) is 12.2 Å². The summed E-state index contributed by atoms with van der Waals surface area (Å²) in [7, 11) is 0. The normalized spacial score (nSPS) is 12.5. The van der Waals surface area contributed by atoms with Gasteiger partial charge in [0, 0.05) is 16.0 Å². The predicted octanol–water partition coefficient (Wildman–Crippen LogP) is 2.61. The molecule has 0 spiro atoms. The van der Waals surface area contributed by atoms with Crippen molar-refractivity contribution >= 4 is 46.5 Å². The van der Waals surface area contributed by atoms with Gasteiger partial charge in [-0.05, 0) is 12.1 Å². The van der Waals surface area contributed by atoms with Crippen LogP contribution in [0.2, 0.25) is 10.0 Å². The first kappa shape index (κ1) is 10.7. The van der Waals surface area contributed by atoms with Crippen LogP contribution in [0.1, 0.15) is 11.7 Å². The monoisotopic (exact) mass is 235 g/mol. The molecule has 1 aromatic carbocycles. The maximum absolute atomic E-state index is 9.40. The minimum atomic E-state index is -0.911. The van der Waals surface area contributed by atoms with Crippen molar-refractivity contribution in [2.45, 2.75) is 6.10 Å². The number of hydrogen-bond acceptors (Lipinski definition) is 3. The molecule has 1 unspecified atom stereocenters. The van der Waals surface area contributed by atoms with Gasteiger partial charge >= 0.3 is 0 Å². The molecule has 0 fully saturated rings. The number of aliphatic hydroxyl groups is 1. The Morgan fingerprint density at radius 3 is 2.62 bits per heavy atom. The number of nitrogens with two attached hydrogens (primary N) is 1. The van der Waals surface area contributed by atoms with E-state index in [1.54, 1.807) is 0 Å². The van der Waals surface area contributed by atoms with Crippen molar-refractivity contribution < 1.29 is 5.11 Å². The topological polar surface area (TPSA) is 46.2 Å². The molecule has 0 bridgehead atoms. The molecule has 0 saturated carbocycles. The van der Waals surface area contributed by atoms with E-state index in [4.69, 9.17) is 28.9 Å². The van der Waals surface area contributed by atoms with Crippen LogP contribution in [-0.2, 0) is 0 Å². The summed E-state index contributed by atoms with van der Waals surface area (Å²) in [5, 5.41) is 11.3. The Morgan fingerprint density at radius 1 is 1.46 bits per heavy atom. The van der Waals surface area contributed by atoms with Crippen LogP contribution in [-0.4, -0.2) is 10.5 Å². The predicted molar refractivity (Wildman–Crippen MR) is 59.5 cm³/mol. The van der Waals surface area contributed by atoms with Crippen molar-refractivity contribution in [3.05, 3.63) is 27.7 Å². The Morgan fingerprint density at radius 2 is 2.08 bits per heavy atom. The van der Waals surface area contributed by atoms with Gasteiger partial charge in [-0.25, -0.2) is 0 Å². The molecule has 0 heterocycles. The first-order valence-corrected chi connectivity index (χ1v) is 4.66. The Labute approximate surface area is 91.3 Å². The van der Waals surface area contributed by atoms with Crippen LogP contribution < -0.4 is 5.73 Å². The molecule has 0 amide bonds. The molecule has 2 nitrogen and oxygen atoms in total. The number of aliphatic hydroxyl groups excluding tert-OH is 1. The standard InChI is InChI=1S/C8H7Cl2NOS/c9-4-1-5(7(12)3-13)8(11)6(10)2-4/h1-3,7,12H,11H2. The number of anilines is 1. The van der Waals surface area contributed by atoms with Crippen LogP contribution in [0.15, 0.2) is 12.1 Å². The molecule has 0 radical (unpaired) electrons. The Kier molecular flexibility index (Phi) is 3.50. The van der Waals surface area contributed by atoms with Gasteiger partial charge in [-0.3, -0.25) is 0 Å². The van der Waals surface area contributed by atoms with Crippen LogP contribution in [0.25, 0.3) is 0 Å². The molecule has 1 atom stereocenters. The number of rotatable bonds is 2. The summed E-state index contributed by atoms with van der Waals surface area (Å²) in [6.45, 7) is 0. The third-order valence-corrected chi connectivity index (χ3v) is 2.36. The number of thiocarbonyl (C=S) groups is 1. The molecule has 3 N–H and O–H groups in total. The van der Waals surface area contributed by atoms with E-state index in [-0.39, 0.29) is 0 Å². The summed E-state index contributed by atoms with van der Waals surface area (Å²) >= 11 is 16.1. The van der Waals surface area contributed by atoms with Gasteiger partial charge in [0.2, 0.25) is 0 Å². The van der Waals surface area contributed by atoms with E-state index in [1.165, 1.54) is 17.5 Å². The maximum Gasteiger partial charge on any atom is 0.109 e. The summed E-state index contributed by atoms with van der Waals surface area (Å²) in [5.41, 5.74) is 6.35. The molecule has 13 heavy (non-hydrogen) atoms. The minimum absolute atomic E-state index is 0.305. The average Bonchev–Trinajstić information content (AvgIpc) is 2.10. The zero-order chi connectivity index (χ0) is 10.0. The van der Waals surface area contributed by atoms with Crippen LogP contribution in [0.5, 0.6) is 0 Å². The van der Waals surface area contributed by atoms with Gasteiger partial charge in [0.1, 0.15) is 6.10 Å². The van der Waals surface area contributed by atoms with E-state index in [1.807, 2.05) is 0 Å². The van der Waals surface area contributed by atoms with E-state index in [9.17, 15) is 5.11 Å². The highest BCUT2D eigenvalue weighted by Gasteiger charge is 2.11. The second-order valence-corrected chi connectivity index (χ2v) is 3.59. The lowest BCUT2D eigenvalue weighted by molar-refractivity contribution is 0.255. The van der Waals surface area contributed by atoms with E-state index < -0.39 is 6.10 Å². The fourth-order valence-electron chi connectivity index (χ4n) is 0.923. The molecule has 0 aliphatic carbocycles. The third-order valence-electron chi connectivity index (χ3n) is 1.57. The van der Waals surface area contributed by atoms with Crippen molar-refractivity contribution in [1.29, 1.82) is 0 Å². The average molecular weight is 236 g/mol. The van der Waals surface area contributed by atoms with Gasteiger partial charge in [-0.2, -0.15) is 0 Å². The van der Waals surface area contributed by atoms with Gasteiger partial charge < -0.3 is 10.8 Å². The molecule has 70 valence electrons. The molecule has 0 aromatic heterocycles. The largest absolute Gasteiger partial charge is 0.397 e. The SMILES string of the molecule is Nc1c(Cl)cc(Cl)cc1C(O)C=S. The zero-order valence-electron chi connectivity index (χ0n) is 6.50. The smallest absolute Gasteiger partial charge is 0.109 e. The van der Waals surface area contributed by atoms with Gasteiger partial charge in [0.05, 0.1) is 10.7 Å². The van der Waals surface area contributed by atoms with Crippen molar-refractivity contribution in [2.24, 2.45) is 0 Å². The molecular weight excluding hydrogens is 229 g/mol. The maximum atomic E-state index is 9.40.